The number of thiazole rings is 1. The molecule has 0 unspecified atom stereocenters. The molecule has 0 saturated carbocycles. The van der Waals surface area contributed by atoms with Crippen LogP contribution < -0.4 is 4.90 Å². The third kappa shape index (κ3) is 5.60. The van der Waals surface area contributed by atoms with Crippen molar-refractivity contribution in [2.24, 2.45) is 0 Å². The minimum atomic E-state index is -3.54. The first-order chi connectivity index (χ1) is 15.8. The third-order valence-corrected chi connectivity index (χ3v) is 8.84. The summed E-state index contributed by atoms with van der Waals surface area (Å²) in [5.41, 5.74) is 3.08. The van der Waals surface area contributed by atoms with E-state index in [-0.39, 0.29) is 23.0 Å². The largest absolute Gasteiger partial charge is 0.379 e. The van der Waals surface area contributed by atoms with E-state index >= 15 is 0 Å². The average molecular weight is 488 g/mol. The van der Waals surface area contributed by atoms with Gasteiger partial charge in [0.1, 0.15) is 0 Å². The number of benzene rings is 2. The molecule has 0 atom stereocenters. The highest BCUT2D eigenvalue weighted by Crippen LogP contribution is 2.33. The first-order valence-corrected chi connectivity index (χ1v) is 13.6. The molecule has 1 saturated heterocycles. The fourth-order valence-electron chi connectivity index (χ4n) is 3.86. The van der Waals surface area contributed by atoms with Gasteiger partial charge in [0.15, 0.2) is 15.0 Å². The first-order valence-electron chi connectivity index (χ1n) is 11.1. The Bertz CT molecular complexity index is 1180. The number of hydrogen-bond acceptors (Lipinski definition) is 7. The topological polar surface area (TPSA) is 79.8 Å². The van der Waals surface area contributed by atoms with E-state index in [1.165, 1.54) is 11.3 Å². The molecule has 1 aliphatic heterocycles. The van der Waals surface area contributed by atoms with E-state index in [0.717, 1.165) is 34.4 Å². The van der Waals surface area contributed by atoms with E-state index in [1.807, 2.05) is 19.9 Å². The Balaban J connectivity index is 1.56. The van der Waals surface area contributed by atoms with Crippen LogP contribution in [0, 0.1) is 13.8 Å². The summed E-state index contributed by atoms with van der Waals surface area (Å²) < 4.78 is 31.9. The van der Waals surface area contributed by atoms with Crippen LogP contribution in [0.3, 0.4) is 0 Å². The van der Waals surface area contributed by atoms with Crippen molar-refractivity contribution in [3.05, 3.63) is 53.6 Å². The maximum Gasteiger partial charge on any atom is 0.229 e. The zero-order valence-electron chi connectivity index (χ0n) is 19.0. The fourth-order valence-corrected chi connectivity index (χ4v) is 6.26. The molecule has 1 amide bonds. The van der Waals surface area contributed by atoms with Gasteiger partial charge in [-0.2, -0.15) is 0 Å². The van der Waals surface area contributed by atoms with Crippen molar-refractivity contribution in [2.45, 2.75) is 25.2 Å². The molecule has 1 aromatic heterocycles. The summed E-state index contributed by atoms with van der Waals surface area (Å²) in [6, 6.07) is 12.4. The van der Waals surface area contributed by atoms with Crippen molar-refractivity contribution in [3.8, 4) is 0 Å². The second kappa shape index (κ2) is 10.3. The number of hydrogen-bond donors (Lipinski definition) is 0. The fraction of sp³-hybridized carbons (Fsp3) is 0.417. The van der Waals surface area contributed by atoms with Crippen LogP contribution in [0.15, 0.2) is 47.4 Å². The Morgan fingerprint density at radius 3 is 2.48 bits per heavy atom. The molecule has 7 nitrogen and oxygen atoms in total. The van der Waals surface area contributed by atoms with Crippen LogP contribution in [-0.2, 0) is 19.4 Å². The van der Waals surface area contributed by atoms with Gasteiger partial charge < -0.3 is 4.74 Å². The first kappa shape index (κ1) is 23.8. The van der Waals surface area contributed by atoms with Gasteiger partial charge in [-0.05, 0) is 37.1 Å². The number of nitrogens with zero attached hydrogens (tertiary/aromatic N) is 3. The highest BCUT2D eigenvalue weighted by molar-refractivity contribution is 7.91. The molecule has 0 bridgehead atoms. The number of carbonyl (C=O) groups excluding carboxylic acids is 1. The van der Waals surface area contributed by atoms with Gasteiger partial charge >= 0.3 is 0 Å². The second-order valence-corrected chi connectivity index (χ2v) is 11.3. The standard InChI is InChI=1S/C24H29N3O4S2/c1-18-8-9-19(2)23-22(18)25-24(32-23)27(12-11-26-13-15-31-16-14-26)21(28)10-17-33(29,30)20-6-4-3-5-7-20/h3-9H,10-17H2,1-2H3. The highest BCUT2D eigenvalue weighted by atomic mass is 32.2. The van der Waals surface area contributed by atoms with Crippen LogP contribution in [0.5, 0.6) is 0 Å². The number of anilines is 1. The van der Waals surface area contributed by atoms with Gasteiger partial charge in [-0.3, -0.25) is 14.6 Å². The van der Waals surface area contributed by atoms with Crippen molar-refractivity contribution in [1.82, 2.24) is 9.88 Å². The van der Waals surface area contributed by atoms with Gasteiger partial charge in [0.25, 0.3) is 0 Å². The molecule has 0 N–H and O–H groups in total. The molecule has 0 aliphatic carbocycles. The van der Waals surface area contributed by atoms with Crippen LogP contribution >= 0.6 is 11.3 Å². The molecule has 4 rings (SSSR count). The molecule has 176 valence electrons. The minimum absolute atomic E-state index is 0.0891. The molecular formula is C24H29N3O4S2. The molecule has 1 aliphatic rings. The normalized spacial score (nSPS) is 15.1. The van der Waals surface area contributed by atoms with Gasteiger partial charge in [-0.1, -0.05) is 41.7 Å². The monoisotopic (exact) mass is 487 g/mol. The number of morpholine rings is 1. The summed E-state index contributed by atoms with van der Waals surface area (Å²) in [5, 5.41) is 0.623. The van der Waals surface area contributed by atoms with Crippen molar-refractivity contribution < 1.29 is 17.9 Å². The van der Waals surface area contributed by atoms with Crippen LogP contribution in [0.4, 0.5) is 5.13 Å². The number of aryl methyl sites for hydroxylation is 2. The van der Waals surface area contributed by atoms with Crippen LogP contribution in [-0.4, -0.2) is 69.4 Å². The zero-order chi connectivity index (χ0) is 23.4. The SMILES string of the molecule is Cc1ccc(C)c2sc(N(CCN3CCOCC3)C(=O)CCS(=O)(=O)c3ccccc3)nc12. The number of ether oxygens (including phenoxy) is 1. The summed E-state index contributed by atoms with van der Waals surface area (Å²) in [6.07, 6.45) is -0.0891. The lowest BCUT2D eigenvalue weighted by atomic mass is 10.1. The van der Waals surface area contributed by atoms with Gasteiger partial charge in [0, 0.05) is 32.6 Å². The van der Waals surface area contributed by atoms with Crippen molar-refractivity contribution in [3.63, 3.8) is 0 Å². The molecule has 3 aromatic rings. The summed E-state index contributed by atoms with van der Waals surface area (Å²) in [6.45, 7) is 8.21. The Kier molecular flexibility index (Phi) is 7.43. The maximum atomic E-state index is 13.3. The number of sulfone groups is 1. The Morgan fingerprint density at radius 1 is 1.09 bits per heavy atom. The molecule has 0 spiro atoms. The van der Waals surface area contributed by atoms with Gasteiger partial charge in [0.2, 0.25) is 5.91 Å². The van der Waals surface area contributed by atoms with Gasteiger partial charge in [-0.25, -0.2) is 13.4 Å². The molecule has 1 fully saturated rings. The lowest BCUT2D eigenvalue weighted by Gasteiger charge is -2.29. The Morgan fingerprint density at radius 2 is 1.79 bits per heavy atom. The molecule has 0 radical (unpaired) electrons. The van der Waals surface area contributed by atoms with E-state index < -0.39 is 9.84 Å². The van der Waals surface area contributed by atoms with E-state index in [9.17, 15) is 13.2 Å². The summed E-state index contributed by atoms with van der Waals surface area (Å²) in [4.78, 5) is 22.3. The molecular weight excluding hydrogens is 458 g/mol. The Labute approximate surface area is 198 Å². The lowest BCUT2D eigenvalue weighted by molar-refractivity contribution is -0.118. The van der Waals surface area contributed by atoms with Gasteiger partial charge in [-0.15, -0.1) is 0 Å². The van der Waals surface area contributed by atoms with Crippen molar-refractivity contribution >= 4 is 42.4 Å². The van der Waals surface area contributed by atoms with Crippen LogP contribution in [0.2, 0.25) is 0 Å². The smallest absolute Gasteiger partial charge is 0.229 e. The average Bonchev–Trinajstić information content (AvgIpc) is 3.28. The number of aromatic nitrogens is 1. The predicted molar refractivity (Wildman–Crippen MR) is 132 cm³/mol. The van der Waals surface area contributed by atoms with Crippen LogP contribution in [0.1, 0.15) is 17.5 Å². The predicted octanol–water partition coefficient (Wildman–Crippen LogP) is 3.44. The molecule has 2 aromatic carbocycles. The highest BCUT2D eigenvalue weighted by Gasteiger charge is 2.24. The maximum absolute atomic E-state index is 13.3. The van der Waals surface area contributed by atoms with Crippen molar-refractivity contribution in [1.29, 1.82) is 0 Å². The number of rotatable bonds is 8. The molecule has 9 heteroatoms. The second-order valence-electron chi connectivity index (χ2n) is 8.25. The zero-order valence-corrected chi connectivity index (χ0v) is 20.6. The number of carbonyl (C=O) groups is 1. The number of fused-ring (bicyclic) bond motifs is 1. The lowest BCUT2D eigenvalue weighted by Crippen LogP contribution is -2.43. The summed E-state index contributed by atoms with van der Waals surface area (Å²) in [7, 11) is -3.54. The molecule has 33 heavy (non-hydrogen) atoms. The minimum Gasteiger partial charge on any atom is -0.379 e. The molecule has 2 heterocycles. The third-order valence-electron chi connectivity index (χ3n) is 5.89. The quantitative estimate of drug-likeness (QED) is 0.484. The van der Waals surface area contributed by atoms with Crippen molar-refractivity contribution in [2.75, 3.05) is 50.0 Å². The van der Waals surface area contributed by atoms with E-state index in [1.54, 1.807) is 35.2 Å². The van der Waals surface area contributed by atoms with E-state index in [2.05, 4.69) is 11.0 Å². The summed E-state index contributed by atoms with van der Waals surface area (Å²) >= 11 is 1.49. The number of amides is 1. The van der Waals surface area contributed by atoms with Gasteiger partial charge in [0.05, 0.1) is 34.1 Å². The van der Waals surface area contributed by atoms with E-state index in [4.69, 9.17) is 9.72 Å². The van der Waals surface area contributed by atoms with Crippen LogP contribution in [0.25, 0.3) is 10.2 Å². The summed E-state index contributed by atoms with van der Waals surface area (Å²) in [5.74, 6) is -0.454. The Hall–Kier alpha value is -2.33. The van der Waals surface area contributed by atoms with E-state index in [0.29, 0.717) is 31.4 Å².